The minimum Gasteiger partial charge on any atom is -0.469 e. The Bertz CT molecular complexity index is 689. The molecule has 1 saturated carbocycles. The number of carbonyl (C=O) groups is 1. The zero-order valence-corrected chi connectivity index (χ0v) is 19.9. The predicted molar refractivity (Wildman–Crippen MR) is 125 cm³/mol. The molecule has 0 spiro atoms. The second-order valence-corrected chi connectivity index (χ2v) is 9.29. The fraction of sp³-hybridized carbons (Fsp3) is 0.654. The summed E-state index contributed by atoms with van der Waals surface area (Å²) in [5, 5.41) is 0.0497. The minimum absolute atomic E-state index is 0.0497. The van der Waals surface area contributed by atoms with Gasteiger partial charge in [-0.25, -0.2) is 0 Å². The van der Waals surface area contributed by atoms with Crippen LogP contribution in [0.2, 0.25) is 0 Å². The number of allylic oxidation sites excluding steroid dienone is 2. The van der Waals surface area contributed by atoms with Crippen molar-refractivity contribution in [1.82, 2.24) is 0 Å². The van der Waals surface area contributed by atoms with Crippen LogP contribution in [0.3, 0.4) is 0 Å². The molecule has 0 aromatic heterocycles. The molecule has 178 valence electrons. The molecule has 1 aliphatic carbocycles. The maximum absolute atomic E-state index is 11.2. The monoisotopic (exact) mass is 464 g/mol. The Morgan fingerprint density at radius 2 is 2.03 bits per heavy atom. The number of methoxy groups -OCH3 is 1. The fourth-order valence-corrected chi connectivity index (χ4v) is 5.03. The van der Waals surface area contributed by atoms with E-state index in [2.05, 4.69) is 24.3 Å². The Kier molecular flexibility index (Phi) is 11.0. The Morgan fingerprint density at radius 1 is 1.19 bits per heavy atom. The summed E-state index contributed by atoms with van der Waals surface area (Å²) in [5.41, 5.74) is 1.17. The maximum Gasteiger partial charge on any atom is 0.305 e. The van der Waals surface area contributed by atoms with Crippen LogP contribution in [0.1, 0.15) is 56.9 Å². The second kappa shape index (κ2) is 14.0. The Morgan fingerprint density at radius 3 is 2.78 bits per heavy atom. The molecule has 0 bridgehead atoms. The number of halogens is 1. The molecule has 1 aromatic rings. The highest BCUT2D eigenvalue weighted by atomic mass is 35.5. The van der Waals surface area contributed by atoms with Crippen molar-refractivity contribution in [2.24, 2.45) is 11.8 Å². The molecule has 0 radical (unpaired) electrons. The van der Waals surface area contributed by atoms with E-state index in [1.165, 1.54) is 12.7 Å². The fourth-order valence-electron chi connectivity index (χ4n) is 4.56. The molecular weight excluding hydrogens is 428 g/mol. The molecule has 1 saturated heterocycles. The lowest BCUT2D eigenvalue weighted by atomic mass is 9.92. The van der Waals surface area contributed by atoms with Crippen molar-refractivity contribution in [3.8, 4) is 0 Å². The molecule has 1 heterocycles. The topological polar surface area (TPSA) is 54.0 Å². The highest BCUT2D eigenvalue weighted by Crippen LogP contribution is 2.41. The van der Waals surface area contributed by atoms with E-state index in [1.54, 1.807) is 0 Å². The molecule has 3 rings (SSSR count). The van der Waals surface area contributed by atoms with Crippen LogP contribution in [0.15, 0.2) is 42.5 Å². The van der Waals surface area contributed by atoms with E-state index >= 15 is 0 Å². The summed E-state index contributed by atoms with van der Waals surface area (Å²) >= 11 is 6.81. The summed E-state index contributed by atoms with van der Waals surface area (Å²) in [6.07, 6.45) is 11.3. The van der Waals surface area contributed by atoms with Gasteiger partial charge in [0.05, 0.1) is 26.4 Å². The van der Waals surface area contributed by atoms with Gasteiger partial charge in [-0.2, -0.15) is 0 Å². The van der Waals surface area contributed by atoms with Crippen molar-refractivity contribution in [3.05, 3.63) is 48.0 Å². The molecule has 1 unspecified atom stereocenters. The number of hydrogen-bond donors (Lipinski definition) is 0. The van der Waals surface area contributed by atoms with Crippen LogP contribution in [0.4, 0.5) is 0 Å². The van der Waals surface area contributed by atoms with Crippen molar-refractivity contribution in [1.29, 1.82) is 0 Å². The van der Waals surface area contributed by atoms with Gasteiger partial charge in [-0.15, -0.1) is 11.6 Å². The molecule has 6 heteroatoms. The first-order chi connectivity index (χ1) is 15.7. The van der Waals surface area contributed by atoms with Crippen LogP contribution in [-0.2, 0) is 30.3 Å². The average Bonchev–Trinajstić information content (AvgIpc) is 3.11. The molecule has 2 aliphatic rings. The summed E-state index contributed by atoms with van der Waals surface area (Å²) in [7, 11) is 1.43. The quantitative estimate of drug-likeness (QED) is 0.173. The molecule has 5 atom stereocenters. The van der Waals surface area contributed by atoms with Gasteiger partial charge in [0, 0.05) is 24.3 Å². The van der Waals surface area contributed by atoms with E-state index in [0.717, 1.165) is 51.6 Å². The third-order valence-electron chi connectivity index (χ3n) is 6.39. The van der Waals surface area contributed by atoms with Gasteiger partial charge in [-0.1, -0.05) is 42.5 Å². The molecule has 1 aliphatic heterocycles. The summed E-state index contributed by atoms with van der Waals surface area (Å²) in [6, 6.07) is 10.2. The normalized spacial score (nSPS) is 28.2. The predicted octanol–water partition coefficient (Wildman–Crippen LogP) is 5.65. The number of rotatable bonds is 12. The van der Waals surface area contributed by atoms with Crippen LogP contribution in [-0.4, -0.2) is 44.1 Å². The number of hydrogen-bond acceptors (Lipinski definition) is 5. The summed E-state index contributed by atoms with van der Waals surface area (Å²) in [5.74, 6) is 0.361. The van der Waals surface area contributed by atoms with Gasteiger partial charge in [-0.05, 0) is 56.4 Å². The number of alkyl halides is 1. The molecule has 32 heavy (non-hydrogen) atoms. The highest BCUT2D eigenvalue weighted by Gasteiger charge is 2.43. The Hall–Kier alpha value is -1.40. The summed E-state index contributed by atoms with van der Waals surface area (Å²) < 4.78 is 23.0. The molecule has 2 fully saturated rings. The lowest BCUT2D eigenvalue weighted by Gasteiger charge is -2.30. The van der Waals surface area contributed by atoms with Crippen molar-refractivity contribution in [3.63, 3.8) is 0 Å². The number of esters is 1. The summed E-state index contributed by atoms with van der Waals surface area (Å²) in [4.78, 5) is 11.2. The van der Waals surface area contributed by atoms with Crippen LogP contribution < -0.4 is 0 Å². The van der Waals surface area contributed by atoms with E-state index < -0.39 is 0 Å². The zero-order chi connectivity index (χ0) is 22.6. The first kappa shape index (κ1) is 25.2. The second-order valence-electron chi connectivity index (χ2n) is 8.73. The van der Waals surface area contributed by atoms with E-state index in [-0.39, 0.29) is 35.6 Å². The number of unbranched alkanes of at least 4 members (excludes halogenated alkanes) is 1. The molecule has 0 amide bonds. The number of carbonyl (C=O) groups excluding carboxylic acids is 1. The molecular formula is C26H37ClO5. The standard InChI is InChI=1S/C26H37ClO5/c1-29-25(28)14-8-3-2-7-13-21-22(19-30-18-20-11-5-4-6-12-20)24(17-23(21)27)32-26-15-9-10-16-31-26/h2,4-7,11-12,21-24,26H,3,8-10,13-19H2,1H3/b7-2-/t21-,22-,23-,24-,26?/m1/s1. The molecule has 5 nitrogen and oxygen atoms in total. The van der Waals surface area contributed by atoms with Crippen LogP contribution in [0.25, 0.3) is 0 Å². The third-order valence-corrected chi connectivity index (χ3v) is 6.89. The van der Waals surface area contributed by atoms with E-state index in [1.807, 2.05) is 18.2 Å². The average molecular weight is 465 g/mol. The number of ether oxygens (including phenoxy) is 4. The van der Waals surface area contributed by atoms with Gasteiger partial charge >= 0.3 is 5.97 Å². The maximum atomic E-state index is 11.2. The van der Waals surface area contributed by atoms with Crippen LogP contribution in [0.5, 0.6) is 0 Å². The molecule has 1 aromatic carbocycles. The largest absolute Gasteiger partial charge is 0.469 e. The van der Waals surface area contributed by atoms with Gasteiger partial charge < -0.3 is 18.9 Å². The zero-order valence-electron chi connectivity index (χ0n) is 19.1. The lowest BCUT2D eigenvalue weighted by Crippen LogP contribution is -2.33. The van der Waals surface area contributed by atoms with Crippen LogP contribution in [0, 0.1) is 11.8 Å². The van der Waals surface area contributed by atoms with Crippen molar-refractivity contribution >= 4 is 17.6 Å². The van der Waals surface area contributed by atoms with E-state index in [4.69, 9.17) is 30.5 Å². The highest BCUT2D eigenvalue weighted by molar-refractivity contribution is 6.21. The Balaban J connectivity index is 1.54. The van der Waals surface area contributed by atoms with Gasteiger partial charge in [0.15, 0.2) is 6.29 Å². The van der Waals surface area contributed by atoms with Crippen molar-refractivity contribution < 1.29 is 23.7 Å². The number of benzene rings is 1. The Labute approximate surface area is 197 Å². The lowest BCUT2D eigenvalue weighted by molar-refractivity contribution is -0.199. The first-order valence-electron chi connectivity index (χ1n) is 11.9. The minimum atomic E-state index is -0.157. The van der Waals surface area contributed by atoms with Crippen molar-refractivity contribution in [2.45, 2.75) is 75.7 Å². The van der Waals surface area contributed by atoms with E-state index in [0.29, 0.717) is 19.6 Å². The van der Waals surface area contributed by atoms with Gasteiger partial charge in [0.2, 0.25) is 0 Å². The van der Waals surface area contributed by atoms with Gasteiger partial charge in [0.25, 0.3) is 0 Å². The van der Waals surface area contributed by atoms with Crippen molar-refractivity contribution in [2.75, 3.05) is 20.3 Å². The summed E-state index contributed by atoms with van der Waals surface area (Å²) in [6.45, 7) is 1.98. The van der Waals surface area contributed by atoms with Crippen LogP contribution >= 0.6 is 11.6 Å². The SMILES string of the molecule is COC(=O)CCC/C=C\C[C@@H]1[C@@H](COCc2ccccc2)[C@H](OC2CCCCO2)C[C@H]1Cl. The molecule has 0 N–H and O–H groups in total. The third kappa shape index (κ3) is 8.18. The smallest absolute Gasteiger partial charge is 0.305 e. The van der Waals surface area contributed by atoms with Gasteiger partial charge in [-0.3, -0.25) is 4.79 Å². The first-order valence-corrected chi connectivity index (χ1v) is 12.4. The van der Waals surface area contributed by atoms with E-state index in [9.17, 15) is 4.79 Å². The van der Waals surface area contributed by atoms with Gasteiger partial charge in [0.1, 0.15) is 0 Å².